The first-order chi connectivity index (χ1) is 14.0. The summed E-state index contributed by atoms with van der Waals surface area (Å²) in [5.41, 5.74) is 2.33. The molecule has 0 radical (unpaired) electrons. The third-order valence-corrected chi connectivity index (χ3v) is 5.64. The largest absolute Gasteiger partial charge is 0.497 e. The average Bonchev–Trinajstić information content (AvgIpc) is 3.39. The molecule has 2 aromatic heterocycles. The van der Waals surface area contributed by atoms with Crippen LogP contribution in [0.15, 0.2) is 41.2 Å². The highest BCUT2D eigenvalue weighted by Crippen LogP contribution is 2.35. The number of fused-ring (bicyclic) bond motifs is 1. The summed E-state index contributed by atoms with van der Waals surface area (Å²) in [5.74, 6) is 1.27. The van der Waals surface area contributed by atoms with Crippen LogP contribution in [0.1, 0.15) is 35.1 Å². The monoisotopic (exact) mass is 393 g/mol. The molecule has 2 aliphatic rings. The van der Waals surface area contributed by atoms with E-state index in [4.69, 9.17) is 9.47 Å². The number of aromatic amines is 1. The predicted octanol–water partition coefficient (Wildman–Crippen LogP) is 2.88. The van der Waals surface area contributed by atoms with Gasteiger partial charge in [-0.3, -0.25) is 9.59 Å². The molecule has 3 heterocycles. The molecule has 1 aliphatic carbocycles. The molecule has 0 spiro atoms. The third-order valence-electron chi connectivity index (χ3n) is 5.64. The number of H-pyrrole nitrogens is 1. The highest BCUT2D eigenvalue weighted by molar-refractivity contribution is 5.98. The number of benzene rings is 1. The van der Waals surface area contributed by atoms with Gasteiger partial charge in [0, 0.05) is 34.8 Å². The van der Waals surface area contributed by atoms with Crippen molar-refractivity contribution >= 4 is 16.8 Å². The number of nitrogens with one attached hydrogen (secondary N) is 1. The summed E-state index contributed by atoms with van der Waals surface area (Å²) in [7, 11) is 1.62. The Bertz CT molecular complexity index is 1150. The molecule has 1 aliphatic heterocycles. The van der Waals surface area contributed by atoms with Gasteiger partial charge in [-0.05, 0) is 44.0 Å². The van der Waals surface area contributed by atoms with Gasteiger partial charge in [-0.2, -0.15) is 0 Å². The van der Waals surface area contributed by atoms with Crippen molar-refractivity contribution in [3.8, 4) is 11.5 Å². The number of ether oxygens (including phenoxy) is 2. The Kier molecular flexibility index (Phi) is 4.12. The van der Waals surface area contributed by atoms with Crippen LogP contribution in [-0.2, 0) is 0 Å². The van der Waals surface area contributed by atoms with E-state index in [0.29, 0.717) is 30.6 Å². The van der Waals surface area contributed by atoms with Crippen molar-refractivity contribution in [2.24, 2.45) is 0 Å². The van der Waals surface area contributed by atoms with E-state index in [9.17, 15) is 9.59 Å². The summed E-state index contributed by atoms with van der Waals surface area (Å²) < 4.78 is 13.0. The molecule has 150 valence electrons. The van der Waals surface area contributed by atoms with E-state index >= 15 is 0 Å². The number of pyridine rings is 1. The molecule has 1 amide bonds. The fourth-order valence-electron chi connectivity index (χ4n) is 3.94. The number of methoxy groups -OCH3 is 1. The molecule has 0 unspecified atom stereocenters. The number of rotatable bonds is 5. The van der Waals surface area contributed by atoms with Crippen molar-refractivity contribution < 1.29 is 14.3 Å². The number of hydrogen-bond acceptors (Lipinski definition) is 4. The first-order valence-corrected chi connectivity index (χ1v) is 9.87. The SMILES string of the molecule is COc1ccc2cc(C(=O)N3CC(Oc4cc(C)n(C5CC5)c(=O)c4)C3)[nH]c2c1. The van der Waals surface area contributed by atoms with Crippen LogP contribution in [0.3, 0.4) is 0 Å². The van der Waals surface area contributed by atoms with Crippen molar-refractivity contribution in [3.05, 3.63) is 58.1 Å². The summed E-state index contributed by atoms with van der Waals surface area (Å²) in [4.78, 5) is 30.0. The lowest BCUT2D eigenvalue weighted by Crippen LogP contribution is -2.56. The minimum Gasteiger partial charge on any atom is -0.497 e. The summed E-state index contributed by atoms with van der Waals surface area (Å²) in [5, 5.41) is 0.967. The zero-order valence-corrected chi connectivity index (χ0v) is 16.5. The van der Waals surface area contributed by atoms with E-state index in [1.807, 2.05) is 41.8 Å². The molecule has 29 heavy (non-hydrogen) atoms. The summed E-state index contributed by atoms with van der Waals surface area (Å²) in [6.45, 7) is 2.94. The minimum absolute atomic E-state index is 0.0109. The van der Waals surface area contributed by atoms with Gasteiger partial charge in [0.15, 0.2) is 0 Å². The van der Waals surface area contributed by atoms with Crippen molar-refractivity contribution in [2.45, 2.75) is 31.9 Å². The Morgan fingerprint density at radius 2 is 1.90 bits per heavy atom. The maximum absolute atomic E-state index is 12.7. The second kappa shape index (κ2) is 6.69. The smallest absolute Gasteiger partial charge is 0.270 e. The van der Waals surface area contributed by atoms with Crippen LogP contribution in [-0.4, -0.2) is 46.7 Å². The number of carbonyl (C=O) groups is 1. The van der Waals surface area contributed by atoms with E-state index in [0.717, 1.165) is 35.2 Å². The molecular formula is C22H23N3O4. The Morgan fingerprint density at radius 1 is 1.10 bits per heavy atom. The maximum Gasteiger partial charge on any atom is 0.270 e. The second-order valence-corrected chi connectivity index (χ2v) is 7.86. The quantitative estimate of drug-likeness (QED) is 0.723. The van der Waals surface area contributed by atoms with Crippen LogP contribution in [0.2, 0.25) is 0 Å². The summed E-state index contributed by atoms with van der Waals surface area (Å²) in [6, 6.07) is 11.3. The molecule has 7 nitrogen and oxygen atoms in total. The Labute approximate surface area is 167 Å². The highest BCUT2D eigenvalue weighted by atomic mass is 16.5. The molecular weight excluding hydrogens is 370 g/mol. The summed E-state index contributed by atoms with van der Waals surface area (Å²) in [6.07, 6.45) is 2.04. The van der Waals surface area contributed by atoms with Crippen molar-refractivity contribution in [1.29, 1.82) is 0 Å². The minimum atomic E-state index is -0.0982. The second-order valence-electron chi connectivity index (χ2n) is 7.86. The standard InChI is InChI=1S/C22H23N3O4/c1-13-7-17(10-21(26)25(13)15-4-5-15)29-18-11-24(12-18)22(27)20-8-14-3-6-16(28-2)9-19(14)23-20/h3,6-10,15,18,23H,4-5,11-12H2,1-2H3. The lowest BCUT2D eigenvalue weighted by atomic mass is 10.1. The van der Waals surface area contributed by atoms with E-state index in [-0.39, 0.29) is 17.6 Å². The number of amides is 1. The van der Waals surface area contributed by atoms with Crippen molar-refractivity contribution in [3.63, 3.8) is 0 Å². The van der Waals surface area contributed by atoms with Crippen LogP contribution < -0.4 is 15.0 Å². The predicted molar refractivity (Wildman–Crippen MR) is 109 cm³/mol. The van der Waals surface area contributed by atoms with Crippen molar-refractivity contribution in [2.75, 3.05) is 20.2 Å². The molecule has 0 bridgehead atoms. The third kappa shape index (κ3) is 3.26. The molecule has 1 saturated heterocycles. The van der Waals surface area contributed by atoms with Gasteiger partial charge in [-0.25, -0.2) is 0 Å². The maximum atomic E-state index is 12.7. The van der Waals surface area contributed by atoms with Gasteiger partial charge < -0.3 is 23.9 Å². The van der Waals surface area contributed by atoms with Crippen molar-refractivity contribution in [1.82, 2.24) is 14.5 Å². The molecule has 1 aromatic carbocycles. The van der Waals surface area contributed by atoms with E-state index < -0.39 is 0 Å². The number of hydrogen-bond donors (Lipinski definition) is 1. The number of likely N-dealkylation sites (tertiary alicyclic amines) is 1. The zero-order valence-electron chi connectivity index (χ0n) is 16.5. The van der Waals surface area contributed by atoms with Crippen LogP contribution in [0.5, 0.6) is 11.5 Å². The first kappa shape index (κ1) is 17.8. The van der Waals surface area contributed by atoms with E-state index in [2.05, 4.69) is 4.98 Å². The normalized spacial score (nSPS) is 16.7. The number of carbonyl (C=O) groups excluding carboxylic acids is 1. The topological polar surface area (TPSA) is 76.6 Å². The molecule has 1 saturated carbocycles. The van der Waals surface area contributed by atoms with Gasteiger partial charge in [0.2, 0.25) is 0 Å². The fraction of sp³-hybridized carbons (Fsp3) is 0.364. The number of aromatic nitrogens is 2. The van der Waals surface area contributed by atoms with Gasteiger partial charge in [0.1, 0.15) is 23.3 Å². The Morgan fingerprint density at radius 3 is 2.59 bits per heavy atom. The van der Waals surface area contributed by atoms with E-state index in [1.54, 1.807) is 18.1 Å². The number of nitrogens with zero attached hydrogens (tertiary/aromatic N) is 2. The van der Waals surface area contributed by atoms with Gasteiger partial charge in [0.25, 0.3) is 11.5 Å². The molecule has 0 atom stereocenters. The Balaban J connectivity index is 1.24. The van der Waals surface area contributed by atoms with Crippen LogP contribution in [0.4, 0.5) is 0 Å². The molecule has 5 rings (SSSR count). The van der Waals surface area contributed by atoms with E-state index in [1.165, 1.54) is 0 Å². The lowest BCUT2D eigenvalue weighted by molar-refractivity contribution is 0.0173. The van der Waals surface area contributed by atoms with Gasteiger partial charge in [-0.15, -0.1) is 0 Å². The number of aryl methyl sites for hydroxylation is 1. The molecule has 2 fully saturated rings. The van der Waals surface area contributed by atoms with Crippen LogP contribution >= 0.6 is 0 Å². The van der Waals surface area contributed by atoms with Crippen LogP contribution in [0.25, 0.3) is 10.9 Å². The first-order valence-electron chi connectivity index (χ1n) is 9.87. The molecule has 7 heteroatoms. The van der Waals surface area contributed by atoms with Crippen LogP contribution in [0, 0.1) is 6.92 Å². The van der Waals surface area contributed by atoms with Gasteiger partial charge in [0.05, 0.1) is 20.2 Å². The van der Waals surface area contributed by atoms with Gasteiger partial charge >= 0.3 is 0 Å². The average molecular weight is 393 g/mol. The molecule has 1 N–H and O–H groups in total. The Hall–Kier alpha value is -3.22. The highest BCUT2D eigenvalue weighted by Gasteiger charge is 2.34. The fourth-order valence-corrected chi connectivity index (χ4v) is 3.94. The molecule has 3 aromatic rings. The zero-order chi connectivity index (χ0) is 20.1. The van der Waals surface area contributed by atoms with Gasteiger partial charge in [-0.1, -0.05) is 0 Å². The lowest BCUT2D eigenvalue weighted by Gasteiger charge is -2.38. The summed E-state index contributed by atoms with van der Waals surface area (Å²) >= 11 is 0.